The Morgan fingerprint density at radius 3 is 2.44 bits per heavy atom. The van der Waals surface area contributed by atoms with Gasteiger partial charge in [0.15, 0.2) is 0 Å². The SMILES string of the molecule is CNS(=O)(=O)c1cccc(OCC(O)CNC2COC3(CCN(S(=O)(=O)c4cccc(-c5ccc(CNC(=O)CN)cc5)c4)CC3)C2)c1. The maximum absolute atomic E-state index is 13.6. The summed E-state index contributed by atoms with van der Waals surface area (Å²) in [7, 11) is -6.00. The summed E-state index contributed by atoms with van der Waals surface area (Å²) in [6.07, 6.45) is 0.976. The van der Waals surface area contributed by atoms with E-state index in [4.69, 9.17) is 15.2 Å². The van der Waals surface area contributed by atoms with Crippen LogP contribution in [0.25, 0.3) is 11.1 Å². The van der Waals surface area contributed by atoms with Gasteiger partial charge in [0.2, 0.25) is 26.0 Å². The predicted octanol–water partition coefficient (Wildman–Crippen LogP) is 1.18. The molecule has 0 radical (unpaired) electrons. The van der Waals surface area contributed by atoms with Crippen molar-refractivity contribution in [2.24, 2.45) is 5.73 Å². The number of piperidine rings is 1. The molecule has 0 saturated carbocycles. The van der Waals surface area contributed by atoms with Crippen molar-refractivity contribution in [3.8, 4) is 16.9 Å². The fourth-order valence-electron chi connectivity index (χ4n) is 5.93. The average molecular weight is 702 g/mol. The lowest BCUT2D eigenvalue weighted by Crippen LogP contribution is -2.47. The highest BCUT2D eigenvalue weighted by molar-refractivity contribution is 7.89. The van der Waals surface area contributed by atoms with Gasteiger partial charge in [0.25, 0.3) is 0 Å². The van der Waals surface area contributed by atoms with Gasteiger partial charge in [-0.1, -0.05) is 42.5 Å². The van der Waals surface area contributed by atoms with Gasteiger partial charge in [-0.2, -0.15) is 4.31 Å². The average Bonchev–Trinajstić information content (AvgIpc) is 3.51. The maximum Gasteiger partial charge on any atom is 0.243 e. The molecule has 0 aliphatic carbocycles. The van der Waals surface area contributed by atoms with Crippen molar-refractivity contribution in [2.45, 2.75) is 53.3 Å². The number of benzene rings is 3. The van der Waals surface area contributed by atoms with Crippen LogP contribution in [0.1, 0.15) is 24.8 Å². The lowest BCUT2D eigenvalue weighted by Gasteiger charge is -2.38. The number of hydrogen-bond donors (Lipinski definition) is 5. The first-order chi connectivity index (χ1) is 22.9. The first kappa shape index (κ1) is 35.9. The number of hydrogen-bond acceptors (Lipinski definition) is 10. The van der Waals surface area contributed by atoms with Gasteiger partial charge >= 0.3 is 0 Å². The third-order valence-corrected chi connectivity index (χ3v) is 12.1. The molecule has 15 heteroatoms. The van der Waals surface area contributed by atoms with Crippen LogP contribution in [-0.4, -0.2) is 96.3 Å². The number of sulfonamides is 2. The van der Waals surface area contributed by atoms with E-state index in [0.29, 0.717) is 51.3 Å². The quantitative estimate of drug-likeness (QED) is 0.163. The molecular formula is C33H43N5O8S2. The summed E-state index contributed by atoms with van der Waals surface area (Å²) in [4.78, 5) is 11.7. The molecule has 1 spiro atoms. The summed E-state index contributed by atoms with van der Waals surface area (Å²) in [5, 5.41) is 16.5. The van der Waals surface area contributed by atoms with E-state index in [0.717, 1.165) is 16.7 Å². The number of carbonyl (C=O) groups excluding carboxylic acids is 1. The lowest BCUT2D eigenvalue weighted by atomic mass is 9.88. The number of rotatable bonds is 14. The number of amides is 1. The fraction of sp³-hybridized carbons (Fsp3) is 0.424. The maximum atomic E-state index is 13.6. The number of aliphatic hydroxyl groups is 1. The summed E-state index contributed by atoms with van der Waals surface area (Å²) >= 11 is 0. The molecule has 48 heavy (non-hydrogen) atoms. The standard InChI is InChI=1S/C33H43N5O8S2/c1-35-47(41,42)30-6-3-5-29(17-30)45-23-28(39)21-36-27-18-33(46-22-27)12-14-38(15-13-33)48(43,44)31-7-2-4-26(16-31)25-10-8-24(9-11-25)20-37-32(40)19-34/h2-11,16-17,27-28,35-36,39H,12-15,18-23,34H2,1H3,(H,37,40). The third-order valence-electron chi connectivity index (χ3n) is 8.75. The fourth-order valence-corrected chi connectivity index (χ4v) is 8.19. The van der Waals surface area contributed by atoms with Crippen molar-refractivity contribution in [3.63, 3.8) is 0 Å². The Hall–Kier alpha value is -3.41. The lowest BCUT2D eigenvalue weighted by molar-refractivity contribution is -0.119. The smallest absolute Gasteiger partial charge is 0.243 e. The van der Waals surface area contributed by atoms with Crippen molar-refractivity contribution in [1.29, 1.82) is 0 Å². The largest absolute Gasteiger partial charge is 0.491 e. The molecular weight excluding hydrogens is 659 g/mol. The molecule has 1 amide bonds. The van der Waals surface area contributed by atoms with Crippen LogP contribution in [0.5, 0.6) is 5.75 Å². The molecule has 3 aromatic carbocycles. The van der Waals surface area contributed by atoms with Crippen LogP contribution in [0, 0.1) is 0 Å². The minimum atomic E-state index is -3.73. The van der Waals surface area contributed by atoms with E-state index < -0.39 is 31.8 Å². The Morgan fingerprint density at radius 1 is 1.02 bits per heavy atom. The molecule has 6 N–H and O–H groups in total. The number of nitrogens with one attached hydrogen (secondary N) is 3. The van der Waals surface area contributed by atoms with E-state index in [1.165, 1.54) is 23.5 Å². The summed E-state index contributed by atoms with van der Waals surface area (Å²) in [5.41, 5.74) is 7.45. The van der Waals surface area contributed by atoms with Crippen LogP contribution < -0.4 is 25.8 Å². The molecule has 2 atom stereocenters. The van der Waals surface area contributed by atoms with E-state index in [1.807, 2.05) is 30.3 Å². The number of aliphatic hydroxyl groups excluding tert-OH is 1. The van der Waals surface area contributed by atoms with Crippen LogP contribution >= 0.6 is 0 Å². The Morgan fingerprint density at radius 2 is 1.73 bits per heavy atom. The Labute approximate surface area is 281 Å². The normalized spacial score (nSPS) is 18.9. The highest BCUT2D eigenvalue weighted by Crippen LogP contribution is 2.37. The molecule has 2 aliphatic rings. The van der Waals surface area contributed by atoms with Crippen molar-refractivity contribution < 1.29 is 36.2 Å². The summed E-state index contributed by atoms with van der Waals surface area (Å²) in [6, 6.07) is 20.5. The molecule has 0 aromatic heterocycles. The second kappa shape index (κ2) is 15.4. The van der Waals surface area contributed by atoms with Gasteiger partial charge in [0.05, 0.1) is 28.5 Å². The van der Waals surface area contributed by atoms with Gasteiger partial charge in [-0.05, 0) is 67.3 Å². The molecule has 2 aliphatic heterocycles. The number of nitrogens with zero attached hydrogens (tertiary/aromatic N) is 1. The van der Waals surface area contributed by atoms with E-state index in [1.54, 1.807) is 30.3 Å². The monoisotopic (exact) mass is 701 g/mol. The summed E-state index contributed by atoms with van der Waals surface area (Å²) in [5.74, 6) is 0.101. The molecule has 2 saturated heterocycles. The number of carbonyl (C=O) groups is 1. The van der Waals surface area contributed by atoms with Gasteiger partial charge < -0.3 is 30.9 Å². The highest BCUT2D eigenvalue weighted by Gasteiger charge is 2.44. The molecule has 2 fully saturated rings. The molecule has 2 unspecified atom stereocenters. The Bertz CT molecular complexity index is 1780. The summed E-state index contributed by atoms with van der Waals surface area (Å²) in [6.45, 7) is 1.64. The van der Waals surface area contributed by atoms with E-state index in [-0.39, 0.29) is 41.4 Å². The van der Waals surface area contributed by atoms with Crippen molar-refractivity contribution in [3.05, 3.63) is 78.4 Å². The van der Waals surface area contributed by atoms with Gasteiger partial charge in [-0.25, -0.2) is 21.6 Å². The zero-order valence-electron chi connectivity index (χ0n) is 26.8. The second-order valence-electron chi connectivity index (χ2n) is 12.1. The minimum Gasteiger partial charge on any atom is -0.491 e. The number of nitrogens with two attached hydrogens (primary N) is 1. The van der Waals surface area contributed by atoms with Crippen molar-refractivity contribution >= 4 is 26.0 Å². The van der Waals surface area contributed by atoms with E-state index >= 15 is 0 Å². The van der Waals surface area contributed by atoms with Gasteiger partial charge in [-0.3, -0.25) is 4.79 Å². The van der Waals surface area contributed by atoms with Gasteiger partial charge in [0, 0.05) is 38.3 Å². The van der Waals surface area contributed by atoms with Crippen molar-refractivity contribution in [2.75, 3.05) is 46.4 Å². The van der Waals surface area contributed by atoms with Crippen LogP contribution in [0.4, 0.5) is 0 Å². The Kier molecular flexibility index (Phi) is 11.5. The zero-order valence-corrected chi connectivity index (χ0v) is 28.4. The molecule has 0 bridgehead atoms. The first-order valence-corrected chi connectivity index (χ1v) is 18.7. The number of ether oxygens (including phenoxy) is 2. The highest BCUT2D eigenvalue weighted by atomic mass is 32.2. The van der Waals surface area contributed by atoms with E-state index in [2.05, 4.69) is 15.4 Å². The van der Waals surface area contributed by atoms with Crippen LogP contribution in [0.15, 0.2) is 82.6 Å². The van der Waals surface area contributed by atoms with Gasteiger partial charge in [0.1, 0.15) is 18.5 Å². The second-order valence-corrected chi connectivity index (χ2v) is 15.9. The van der Waals surface area contributed by atoms with Gasteiger partial charge in [-0.15, -0.1) is 0 Å². The Balaban J connectivity index is 1.10. The first-order valence-electron chi connectivity index (χ1n) is 15.8. The van der Waals surface area contributed by atoms with Crippen LogP contribution in [0.2, 0.25) is 0 Å². The third kappa shape index (κ3) is 8.78. The molecule has 2 heterocycles. The molecule has 13 nitrogen and oxygen atoms in total. The van der Waals surface area contributed by atoms with Crippen LogP contribution in [-0.2, 0) is 36.1 Å². The topological polar surface area (TPSA) is 189 Å². The van der Waals surface area contributed by atoms with Crippen LogP contribution in [0.3, 0.4) is 0 Å². The minimum absolute atomic E-state index is 0.00749. The summed E-state index contributed by atoms with van der Waals surface area (Å²) < 4.78 is 66.9. The molecule has 3 aromatic rings. The predicted molar refractivity (Wildman–Crippen MR) is 180 cm³/mol. The zero-order chi connectivity index (χ0) is 34.4. The molecule has 260 valence electrons. The molecule has 5 rings (SSSR count). The van der Waals surface area contributed by atoms with E-state index in [9.17, 15) is 26.7 Å². The van der Waals surface area contributed by atoms with Crippen molar-refractivity contribution in [1.82, 2.24) is 19.7 Å².